The van der Waals surface area contributed by atoms with Gasteiger partial charge in [0.05, 0.1) is 12.6 Å². The molecule has 1 heterocycles. The molecule has 0 aromatic heterocycles. The smallest absolute Gasteiger partial charge is 0.243 e. The van der Waals surface area contributed by atoms with Crippen LogP contribution in [0.15, 0.2) is 18.2 Å². The Morgan fingerprint density at radius 2 is 2.04 bits per heavy atom. The van der Waals surface area contributed by atoms with Gasteiger partial charge >= 0.3 is 0 Å². The number of carbonyl (C=O) groups excluding carboxylic acids is 1. The predicted octanol–water partition coefficient (Wildman–Crippen LogP) is 3.75. The zero-order chi connectivity index (χ0) is 16.6. The molecule has 1 aromatic rings. The van der Waals surface area contributed by atoms with Crippen molar-refractivity contribution < 1.29 is 9.53 Å². The van der Waals surface area contributed by atoms with Crippen LogP contribution in [0.1, 0.15) is 51.3 Å². The number of methoxy groups -OCH3 is 1. The second kappa shape index (κ2) is 6.33. The van der Waals surface area contributed by atoms with E-state index >= 15 is 0 Å². The summed E-state index contributed by atoms with van der Waals surface area (Å²) in [6.07, 6.45) is 4.78. The van der Waals surface area contributed by atoms with E-state index in [1.807, 2.05) is 36.9 Å². The van der Waals surface area contributed by atoms with Gasteiger partial charge < -0.3 is 9.64 Å². The highest BCUT2D eigenvalue weighted by atomic mass is 35.5. The minimum Gasteiger partial charge on any atom is -0.496 e. The lowest BCUT2D eigenvalue weighted by Crippen LogP contribution is -2.40. The van der Waals surface area contributed by atoms with Crippen molar-refractivity contribution in [2.75, 3.05) is 13.7 Å². The molecule has 1 atom stereocenters. The van der Waals surface area contributed by atoms with Crippen molar-refractivity contribution in [3.8, 4) is 5.75 Å². The maximum Gasteiger partial charge on any atom is 0.243 e. The third-order valence-corrected chi connectivity index (χ3v) is 5.26. The number of benzene rings is 1. The van der Waals surface area contributed by atoms with Crippen molar-refractivity contribution in [3.05, 3.63) is 28.8 Å². The first-order valence-electron chi connectivity index (χ1n) is 8.34. The van der Waals surface area contributed by atoms with Gasteiger partial charge in [-0.15, -0.1) is 0 Å². The zero-order valence-corrected chi connectivity index (χ0v) is 14.8. The van der Waals surface area contributed by atoms with Crippen LogP contribution in [0.5, 0.6) is 5.75 Å². The van der Waals surface area contributed by atoms with Gasteiger partial charge in [-0.3, -0.25) is 10.1 Å². The van der Waals surface area contributed by atoms with Crippen LogP contribution < -0.4 is 10.1 Å². The van der Waals surface area contributed by atoms with Crippen molar-refractivity contribution in [1.29, 1.82) is 0 Å². The van der Waals surface area contributed by atoms with Crippen molar-refractivity contribution in [2.24, 2.45) is 5.92 Å². The molecular formula is C18H25ClN2O2. The van der Waals surface area contributed by atoms with Gasteiger partial charge in [0.15, 0.2) is 0 Å². The van der Waals surface area contributed by atoms with Gasteiger partial charge in [0, 0.05) is 17.1 Å². The molecule has 5 heteroatoms. The fourth-order valence-electron chi connectivity index (χ4n) is 3.78. The molecule has 0 spiro atoms. The maximum absolute atomic E-state index is 12.9. The average molecular weight is 337 g/mol. The number of nitrogens with zero attached hydrogens (tertiary/aromatic N) is 1. The molecule has 1 aromatic carbocycles. The summed E-state index contributed by atoms with van der Waals surface area (Å²) in [5, 5.41) is 4.11. The maximum atomic E-state index is 12.9. The number of carbonyl (C=O) groups is 1. The van der Waals surface area contributed by atoms with Crippen LogP contribution >= 0.6 is 11.6 Å². The van der Waals surface area contributed by atoms with E-state index in [-0.39, 0.29) is 12.1 Å². The molecular weight excluding hydrogens is 312 g/mol. The second-order valence-corrected chi connectivity index (χ2v) is 7.60. The van der Waals surface area contributed by atoms with Gasteiger partial charge in [-0.2, -0.15) is 0 Å². The lowest BCUT2D eigenvalue weighted by Gasteiger charge is -2.28. The van der Waals surface area contributed by atoms with Crippen LogP contribution in [0.2, 0.25) is 5.02 Å². The minimum atomic E-state index is -0.573. The van der Waals surface area contributed by atoms with Crippen LogP contribution in [-0.2, 0) is 4.79 Å². The minimum absolute atomic E-state index is 0.149. The number of hydrogen-bond acceptors (Lipinski definition) is 3. The molecule has 0 bridgehead atoms. The molecule has 1 N–H and O–H groups in total. The van der Waals surface area contributed by atoms with Crippen LogP contribution in [0.25, 0.3) is 0 Å². The van der Waals surface area contributed by atoms with Crippen molar-refractivity contribution in [2.45, 2.75) is 51.2 Å². The van der Waals surface area contributed by atoms with E-state index in [0.717, 1.165) is 17.9 Å². The molecule has 3 rings (SSSR count). The lowest BCUT2D eigenvalue weighted by molar-refractivity contribution is -0.133. The van der Waals surface area contributed by atoms with Gasteiger partial charge in [-0.25, -0.2) is 0 Å². The SMILES string of the molecule is COc1ccc(Cl)cc1C1NC(C)(C)C(=O)N1CC1CCCC1. The highest BCUT2D eigenvalue weighted by Gasteiger charge is 2.46. The Hall–Kier alpha value is -1.26. The van der Waals surface area contributed by atoms with Crippen molar-refractivity contribution in [1.82, 2.24) is 10.2 Å². The number of nitrogens with one attached hydrogen (secondary N) is 1. The Balaban J connectivity index is 1.94. The summed E-state index contributed by atoms with van der Waals surface area (Å²) in [4.78, 5) is 14.8. The first-order valence-corrected chi connectivity index (χ1v) is 8.72. The first kappa shape index (κ1) is 16.6. The van der Waals surface area contributed by atoms with Gasteiger partial charge in [0.25, 0.3) is 0 Å². The molecule has 23 heavy (non-hydrogen) atoms. The number of rotatable bonds is 4. The number of halogens is 1. The summed E-state index contributed by atoms with van der Waals surface area (Å²) >= 11 is 6.19. The average Bonchev–Trinajstić information content (AvgIpc) is 3.09. The standard InChI is InChI=1S/C18H25ClN2O2/c1-18(2)17(22)21(11-12-6-4-5-7-12)16(20-18)14-10-13(19)8-9-15(14)23-3/h8-10,12,16,20H,4-7,11H2,1-3H3. The second-order valence-electron chi connectivity index (χ2n) is 7.17. The first-order chi connectivity index (χ1) is 10.9. The van der Waals surface area contributed by atoms with E-state index in [0.29, 0.717) is 10.9 Å². The number of ether oxygens (including phenoxy) is 1. The van der Waals surface area contributed by atoms with E-state index in [1.54, 1.807) is 7.11 Å². The number of amides is 1. The van der Waals surface area contributed by atoms with E-state index in [2.05, 4.69) is 5.32 Å². The van der Waals surface area contributed by atoms with Gasteiger partial charge in [0.2, 0.25) is 5.91 Å². The summed E-state index contributed by atoms with van der Waals surface area (Å²) in [5.74, 6) is 1.51. The molecule has 1 aliphatic heterocycles. The summed E-state index contributed by atoms with van der Waals surface area (Å²) in [6.45, 7) is 4.68. The fraction of sp³-hybridized carbons (Fsp3) is 0.611. The zero-order valence-electron chi connectivity index (χ0n) is 14.1. The molecule has 1 saturated heterocycles. The summed E-state index contributed by atoms with van der Waals surface area (Å²) in [6, 6.07) is 5.57. The summed E-state index contributed by atoms with van der Waals surface area (Å²) in [5.41, 5.74) is 0.355. The Bertz CT molecular complexity index is 597. The fourth-order valence-corrected chi connectivity index (χ4v) is 3.96. The molecule has 126 valence electrons. The topological polar surface area (TPSA) is 41.6 Å². The van der Waals surface area contributed by atoms with E-state index in [4.69, 9.17) is 16.3 Å². The van der Waals surface area contributed by atoms with E-state index in [9.17, 15) is 4.79 Å². The highest BCUT2D eigenvalue weighted by molar-refractivity contribution is 6.30. The molecule has 1 aliphatic carbocycles. The molecule has 1 unspecified atom stereocenters. The van der Waals surface area contributed by atoms with E-state index in [1.165, 1.54) is 25.7 Å². The molecule has 4 nitrogen and oxygen atoms in total. The van der Waals surface area contributed by atoms with E-state index < -0.39 is 5.54 Å². The van der Waals surface area contributed by atoms with Crippen LogP contribution in [0.4, 0.5) is 0 Å². The van der Waals surface area contributed by atoms with Crippen LogP contribution in [-0.4, -0.2) is 30.0 Å². The Kier molecular flexibility index (Phi) is 4.56. The van der Waals surface area contributed by atoms with Gasteiger partial charge in [-0.1, -0.05) is 24.4 Å². The van der Waals surface area contributed by atoms with Crippen LogP contribution in [0.3, 0.4) is 0 Å². The lowest BCUT2D eigenvalue weighted by atomic mass is 10.0. The summed E-state index contributed by atoms with van der Waals surface area (Å²) < 4.78 is 5.50. The van der Waals surface area contributed by atoms with Gasteiger partial charge in [0.1, 0.15) is 11.9 Å². The van der Waals surface area contributed by atoms with Crippen molar-refractivity contribution in [3.63, 3.8) is 0 Å². The monoisotopic (exact) mass is 336 g/mol. The Labute approximate surface area is 143 Å². The quantitative estimate of drug-likeness (QED) is 0.910. The summed E-state index contributed by atoms with van der Waals surface area (Å²) in [7, 11) is 1.65. The Morgan fingerprint density at radius 3 is 2.70 bits per heavy atom. The predicted molar refractivity (Wildman–Crippen MR) is 91.6 cm³/mol. The molecule has 0 radical (unpaired) electrons. The molecule has 2 fully saturated rings. The largest absolute Gasteiger partial charge is 0.496 e. The molecule has 1 amide bonds. The molecule has 2 aliphatic rings. The van der Waals surface area contributed by atoms with Crippen LogP contribution in [0, 0.1) is 5.92 Å². The third kappa shape index (κ3) is 3.20. The molecule has 1 saturated carbocycles. The third-order valence-electron chi connectivity index (χ3n) is 5.02. The van der Waals surface area contributed by atoms with Gasteiger partial charge in [-0.05, 0) is 50.8 Å². The number of hydrogen-bond donors (Lipinski definition) is 1. The highest BCUT2D eigenvalue weighted by Crippen LogP contribution is 2.38. The normalized spacial score (nSPS) is 24.4. The van der Waals surface area contributed by atoms with Crippen molar-refractivity contribution >= 4 is 17.5 Å². The Morgan fingerprint density at radius 1 is 1.35 bits per heavy atom.